The predicted octanol–water partition coefficient (Wildman–Crippen LogP) is 6.52. The number of hydrogen-bond donors (Lipinski definition) is 0. The smallest absolute Gasteiger partial charge is 0.212 e. The zero-order chi connectivity index (χ0) is 26.4. The summed E-state index contributed by atoms with van der Waals surface area (Å²) in [7, 11) is 1.56. The van der Waals surface area contributed by atoms with Crippen molar-refractivity contribution < 1.29 is 23.0 Å². The van der Waals surface area contributed by atoms with Crippen molar-refractivity contribution in [3.8, 4) is 34.1 Å². The van der Waals surface area contributed by atoms with Crippen LogP contribution in [-0.2, 0) is 11.3 Å². The lowest BCUT2D eigenvalue weighted by Gasteiger charge is -2.17. The highest BCUT2D eigenvalue weighted by Gasteiger charge is 2.19. The van der Waals surface area contributed by atoms with Crippen LogP contribution >= 0.6 is 0 Å². The molecule has 0 aliphatic heterocycles. The van der Waals surface area contributed by atoms with E-state index in [1.165, 1.54) is 18.3 Å². The van der Waals surface area contributed by atoms with Crippen molar-refractivity contribution in [2.75, 3.05) is 13.7 Å². The Morgan fingerprint density at radius 1 is 1.05 bits per heavy atom. The van der Waals surface area contributed by atoms with Crippen LogP contribution in [0, 0.1) is 18.7 Å². The van der Waals surface area contributed by atoms with E-state index in [2.05, 4.69) is 16.9 Å². The molecule has 4 rings (SSSR count). The maximum absolute atomic E-state index is 14.1. The fraction of sp³-hybridized carbons (Fsp3) is 0.321. The van der Waals surface area contributed by atoms with Crippen LogP contribution in [0.25, 0.3) is 22.6 Å². The molecule has 0 saturated heterocycles. The zero-order valence-corrected chi connectivity index (χ0v) is 21.4. The van der Waals surface area contributed by atoms with Crippen molar-refractivity contribution >= 4 is 0 Å². The van der Waals surface area contributed by atoms with Crippen LogP contribution < -0.4 is 9.47 Å². The summed E-state index contributed by atoms with van der Waals surface area (Å²) in [6.45, 7) is 6.41. The van der Waals surface area contributed by atoms with E-state index in [1.54, 1.807) is 38.4 Å². The molecule has 0 aliphatic carbocycles. The van der Waals surface area contributed by atoms with Gasteiger partial charge in [-0.05, 0) is 56.2 Å². The van der Waals surface area contributed by atoms with Crippen molar-refractivity contribution in [1.29, 1.82) is 0 Å². The first-order chi connectivity index (χ1) is 17.9. The van der Waals surface area contributed by atoms with Crippen LogP contribution in [-0.4, -0.2) is 33.2 Å². The average molecular weight is 509 g/mol. The molecular weight excluding hydrogens is 478 g/mol. The lowest BCUT2D eigenvalue weighted by atomic mass is 10.1. The summed E-state index contributed by atoms with van der Waals surface area (Å²) in [6.07, 6.45) is 6.58. The minimum absolute atomic E-state index is 0.0163. The Hall–Kier alpha value is -3.85. The third-order valence-corrected chi connectivity index (χ3v) is 5.85. The number of ether oxygens (including phenoxy) is 3. The Morgan fingerprint density at radius 3 is 2.59 bits per heavy atom. The molecule has 0 N–H and O–H groups in total. The Balaban J connectivity index is 1.63. The van der Waals surface area contributed by atoms with Gasteiger partial charge >= 0.3 is 0 Å². The predicted molar refractivity (Wildman–Crippen MR) is 136 cm³/mol. The highest BCUT2D eigenvalue weighted by molar-refractivity contribution is 5.71. The van der Waals surface area contributed by atoms with Crippen molar-refractivity contribution in [3.63, 3.8) is 0 Å². The normalized spacial score (nSPS) is 11.9. The van der Waals surface area contributed by atoms with E-state index in [0.29, 0.717) is 35.2 Å². The summed E-state index contributed by atoms with van der Waals surface area (Å²) < 4.78 is 46.9. The number of aryl methyl sites for hydroxylation is 1. The van der Waals surface area contributed by atoms with E-state index in [0.717, 1.165) is 24.0 Å². The van der Waals surface area contributed by atoms with Gasteiger partial charge in [-0.25, -0.2) is 14.4 Å². The fourth-order valence-corrected chi connectivity index (χ4v) is 3.79. The van der Waals surface area contributed by atoms with Crippen LogP contribution in [0.1, 0.15) is 44.2 Å². The van der Waals surface area contributed by atoms with Gasteiger partial charge in [0.25, 0.3) is 0 Å². The van der Waals surface area contributed by atoms with E-state index in [1.807, 2.05) is 23.8 Å². The van der Waals surface area contributed by atoms with Crippen LogP contribution in [0.15, 0.2) is 55.0 Å². The van der Waals surface area contributed by atoms with Crippen LogP contribution in [0.5, 0.6) is 11.5 Å². The molecular formula is C28H30F2N4O3. The molecule has 3 aromatic heterocycles. The molecule has 3 heterocycles. The van der Waals surface area contributed by atoms with Crippen molar-refractivity contribution in [2.24, 2.45) is 0 Å². The Morgan fingerprint density at radius 2 is 1.89 bits per heavy atom. The van der Waals surface area contributed by atoms with Gasteiger partial charge in [-0.15, -0.1) is 0 Å². The zero-order valence-electron chi connectivity index (χ0n) is 21.4. The maximum Gasteiger partial charge on any atom is 0.212 e. The van der Waals surface area contributed by atoms with Gasteiger partial charge in [0.1, 0.15) is 41.7 Å². The Kier molecular flexibility index (Phi) is 8.45. The molecule has 9 heteroatoms. The molecule has 1 unspecified atom stereocenters. The first-order valence-corrected chi connectivity index (χ1v) is 12.1. The summed E-state index contributed by atoms with van der Waals surface area (Å²) in [5, 5.41) is 0. The average Bonchev–Trinajstić information content (AvgIpc) is 3.34. The molecule has 37 heavy (non-hydrogen) atoms. The monoisotopic (exact) mass is 508 g/mol. The summed E-state index contributed by atoms with van der Waals surface area (Å²) >= 11 is 0. The van der Waals surface area contributed by atoms with E-state index < -0.39 is 11.8 Å². The van der Waals surface area contributed by atoms with E-state index >= 15 is 0 Å². The van der Waals surface area contributed by atoms with Crippen molar-refractivity contribution in [1.82, 2.24) is 19.5 Å². The fourth-order valence-electron chi connectivity index (χ4n) is 3.79. The molecule has 0 spiro atoms. The van der Waals surface area contributed by atoms with Crippen LogP contribution in [0.4, 0.5) is 8.78 Å². The van der Waals surface area contributed by atoms with Gasteiger partial charge in [0.05, 0.1) is 12.8 Å². The summed E-state index contributed by atoms with van der Waals surface area (Å²) in [5.74, 6) is 0.651. The second-order valence-electron chi connectivity index (χ2n) is 8.64. The number of methoxy groups -OCH3 is 1. The van der Waals surface area contributed by atoms with Gasteiger partial charge in [-0.1, -0.05) is 13.3 Å². The molecule has 0 radical (unpaired) electrons. The summed E-state index contributed by atoms with van der Waals surface area (Å²) in [4.78, 5) is 12.7. The summed E-state index contributed by atoms with van der Waals surface area (Å²) in [5.41, 5.74) is 2.99. The largest absolute Gasteiger partial charge is 0.496 e. The topological polar surface area (TPSA) is 71.3 Å². The van der Waals surface area contributed by atoms with E-state index in [-0.39, 0.29) is 18.5 Å². The van der Waals surface area contributed by atoms with E-state index in [4.69, 9.17) is 19.2 Å². The van der Waals surface area contributed by atoms with Gasteiger partial charge in [-0.2, -0.15) is 4.39 Å². The number of hydrogen-bond acceptors (Lipinski definition) is 6. The second-order valence-corrected chi connectivity index (χ2v) is 8.64. The second kappa shape index (κ2) is 11.9. The number of rotatable bonds is 11. The molecule has 0 fully saturated rings. The molecule has 1 aromatic carbocycles. The number of benzene rings is 1. The highest BCUT2D eigenvalue weighted by Crippen LogP contribution is 2.35. The van der Waals surface area contributed by atoms with Crippen molar-refractivity contribution in [3.05, 3.63) is 78.0 Å². The van der Waals surface area contributed by atoms with Crippen LogP contribution in [0.2, 0.25) is 0 Å². The lowest BCUT2D eigenvalue weighted by molar-refractivity contribution is 0.0159. The number of aromatic nitrogens is 4. The van der Waals surface area contributed by atoms with Crippen molar-refractivity contribution in [2.45, 2.75) is 46.4 Å². The molecule has 0 aliphatic rings. The SMILES string of the molecule is CCCCOC(C)n1cc(-c2ccc(OCc3ncc(C)cc3F)cc2OC)nc1-c1ccc(F)nc1. The number of imidazole rings is 1. The first-order valence-electron chi connectivity index (χ1n) is 12.1. The maximum atomic E-state index is 14.1. The highest BCUT2D eigenvalue weighted by atomic mass is 19.1. The number of pyridine rings is 2. The van der Waals surface area contributed by atoms with Gasteiger partial charge in [-0.3, -0.25) is 4.98 Å². The van der Waals surface area contributed by atoms with E-state index in [9.17, 15) is 8.78 Å². The quantitative estimate of drug-likeness (QED) is 0.170. The molecule has 0 saturated carbocycles. The molecule has 7 nitrogen and oxygen atoms in total. The Bertz CT molecular complexity index is 1340. The molecule has 4 aromatic rings. The third-order valence-electron chi connectivity index (χ3n) is 5.85. The Labute approximate surface area is 215 Å². The van der Waals surface area contributed by atoms with Gasteiger partial charge in [0.15, 0.2) is 0 Å². The standard InChI is InChI=1S/C28H30F2N4O3/c1-5-6-11-36-19(3)34-16-24(33-28(34)20-7-10-27(30)32-15-20)22-9-8-21(13-26(22)35-4)37-17-25-23(29)12-18(2)14-31-25/h7-10,12-16,19H,5-6,11,17H2,1-4H3. The first kappa shape index (κ1) is 26.2. The summed E-state index contributed by atoms with van der Waals surface area (Å²) in [6, 6.07) is 9.68. The van der Waals surface area contributed by atoms with Crippen LogP contribution in [0.3, 0.4) is 0 Å². The molecule has 0 bridgehead atoms. The third kappa shape index (κ3) is 6.29. The van der Waals surface area contributed by atoms with Gasteiger partial charge < -0.3 is 18.8 Å². The number of halogens is 2. The molecule has 1 atom stereocenters. The molecule has 194 valence electrons. The lowest BCUT2D eigenvalue weighted by Crippen LogP contribution is -2.11. The van der Waals surface area contributed by atoms with Gasteiger partial charge in [0.2, 0.25) is 5.95 Å². The number of unbranched alkanes of at least 4 members (excludes halogenated alkanes) is 1. The number of nitrogens with zero attached hydrogens (tertiary/aromatic N) is 4. The molecule has 0 amide bonds. The minimum atomic E-state index is -0.563. The minimum Gasteiger partial charge on any atom is -0.496 e. The van der Waals surface area contributed by atoms with Gasteiger partial charge in [0, 0.05) is 42.4 Å².